The van der Waals surface area contributed by atoms with Crippen molar-refractivity contribution in [1.82, 2.24) is 9.13 Å². The molecule has 7 aromatic rings. The second kappa shape index (κ2) is 7.43. The maximum Gasteiger partial charge on any atom is 0.163 e. The van der Waals surface area contributed by atoms with Gasteiger partial charge >= 0.3 is 0 Å². The molecule has 170 valence electrons. The zero-order chi connectivity index (χ0) is 23.5. The predicted molar refractivity (Wildman–Crippen MR) is 140 cm³/mol. The number of furan rings is 1. The molecule has 0 amide bonds. The number of hydrogen-bond donors (Lipinski definition) is 0. The zero-order valence-electron chi connectivity index (χ0n) is 19.4. The van der Waals surface area contributed by atoms with Crippen molar-refractivity contribution in [3.8, 4) is 22.9 Å². The largest absolute Gasteiger partial charge is 0.497 e. The van der Waals surface area contributed by atoms with Crippen molar-refractivity contribution in [3.63, 3.8) is 0 Å². The van der Waals surface area contributed by atoms with Crippen LogP contribution in [0, 0.1) is 0 Å². The minimum atomic E-state index is 0.825. The van der Waals surface area contributed by atoms with Crippen molar-refractivity contribution in [2.45, 2.75) is 0 Å². The molecule has 0 aliphatic carbocycles. The van der Waals surface area contributed by atoms with Gasteiger partial charge in [-0.05, 0) is 72.8 Å². The molecule has 3 heterocycles. The average molecular weight is 459 g/mol. The fraction of sp³-hybridized carbons (Fsp3) is 0.0667. The fourth-order valence-corrected chi connectivity index (χ4v) is 5.15. The molecule has 5 heteroatoms. The number of benzene rings is 4. The summed E-state index contributed by atoms with van der Waals surface area (Å²) in [7, 11) is 3.37. The summed E-state index contributed by atoms with van der Waals surface area (Å²) in [5.41, 5.74) is 8.14. The highest BCUT2D eigenvalue weighted by Gasteiger charge is 2.25. The molecule has 5 nitrogen and oxygen atoms in total. The van der Waals surface area contributed by atoms with Gasteiger partial charge in [0.2, 0.25) is 0 Å². The quantitative estimate of drug-likeness (QED) is 0.274. The Morgan fingerprint density at radius 1 is 0.514 bits per heavy atom. The third kappa shape index (κ3) is 2.75. The van der Waals surface area contributed by atoms with Crippen LogP contribution in [0.15, 0.2) is 101 Å². The molecule has 4 aromatic carbocycles. The summed E-state index contributed by atoms with van der Waals surface area (Å²) in [5.74, 6) is 1.65. The molecule has 0 atom stereocenters. The van der Waals surface area contributed by atoms with E-state index in [4.69, 9.17) is 13.9 Å². The lowest BCUT2D eigenvalue weighted by molar-refractivity contribution is 0.414. The van der Waals surface area contributed by atoms with E-state index in [1.807, 2.05) is 24.3 Å². The van der Waals surface area contributed by atoms with Crippen molar-refractivity contribution >= 4 is 44.0 Å². The Balaban J connectivity index is 1.67. The molecular weight excluding hydrogens is 436 g/mol. The summed E-state index contributed by atoms with van der Waals surface area (Å²) >= 11 is 0. The van der Waals surface area contributed by atoms with Gasteiger partial charge in [-0.3, -0.25) is 0 Å². The van der Waals surface area contributed by atoms with Gasteiger partial charge in [-0.15, -0.1) is 0 Å². The minimum Gasteiger partial charge on any atom is -0.497 e. The third-order valence-electron chi connectivity index (χ3n) is 6.75. The van der Waals surface area contributed by atoms with Crippen molar-refractivity contribution in [2.75, 3.05) is 14.2 Å². The first-order valence-corrected chi connectivity index (χ1v) is 11.5. The normalized spacial score (nSPS) is 11.7. The molecule has 0 bridgehead atoms. The standard InChI is InChI=1S/C30H22N2O3/c1-33-21-15-11-19(12-16-21)31-25-9-5-3-7-23(25)29-27(31)28-30(35-29)24-8-4-6-10-26(24)32(28)20-13-17-22(34-2)18-14-20/h3-18H,1-2H3. The van der Waals surface area contributed by atoms with Crippen LogP contribution >= 0.6 is 0 Å². The molecule has 0 radical (unpaired) electrons. The second-order valence-electron chi connectivity index (χ2n) is 8.56. The van der Waals surface area contributed by atoms with Crippen molar-refractivity contribution in [3.05, 3.63) is 97.1 Å². The number of nitrogens with zero attached hydrogens (tertiary/aromatic N) is 2. The van der Waals surface area contributed by atoms with Gasteiger partial charge in [0.05, 0.1) is 25.3 Å². The predicted octanol–water partition coefficient (Wildman–Crippen LogP) is 7.49. The highest BCUT2D eigenvalue weighted by Crippen LogP contribution is 2.44. The number of methoxy groups -OCH3 is 2. The molecule has 7 rings (SSSR count). The topological polar surface area (TPSA) is 41.5 Å². The monoisotopic (exact) mass is 458 g/mol. The summed E-state index contributed by atoms with van der Waals surface area (Å²) in [6.45, 7) is 0. The lowest BCUT2D eigenvalue weighted by atomic mass is 10.2. The minimum absolute atomic E-state index is 0.825. The maximum atomic E-state index is 6.68. The number of ether oxygens (including phenoxy) is 2. The van der Waals surface area contributed by atoms with Gasteiger partial charge in [-0.1, -0.05) is 24.3 Å². The van der Waals surface area contributed by atoms with E-state index in [2.05, 4.69) is 81.9 Å². The van der Waals surface area contributed by atoms with Crippen LogP contribution in [0.25, 0.3) is 55.4 Å². The van der Waals surface area contributed by atoms with Gasteiger partial charge < -0.3 is 23.0 Å². The van der Waals surface area contributed by atoms with Crippen molar-refractivity contribution < 1.29 is 13.9 Å². The first-order chi connectivity index (χ1) is 17.3. The Morgan fingerprint density at radius 3 is 1.31 bits per heavy atom. The molecule has 0 aliphatic rings. The first kappa shape index (κ1) is 19.8. The molecule has 0 N–H and O–H groups in total. The van der Waals surface area contributed by atoms with E-state index in [-0.39, 0.29) is 0 Å². The van der Waals surface area contributed by atoms with Crippen LogP contribution in [0.5, 0.6) is 11.5 Å². The Morgan fingerprint density at radius 2 is 0.914 bits per heavy atom. The van der Waals surface area contributed by atoms with Crippen LogP contribution < -0.4 is 9.47 Å². The number of hydrogen-bond acceptors (Lipinski definition) is 3. The highest BCUT2D eigenvalue weighted by atomic mass is 16.5. The maximum absolute atomic E-state index is 6.68. The lowest BCUT2D eigenvalue weighted by Gasteiger charge is -2.11. The SMILES string of the molecule is COc1ccc(-n2c3ccccc3c3oc4c5ccccc5n(-c5ccc(OC)cc5)c4c32)cc1. The summed E-state index contributed by atoms with van der Waals surface area (Å²) in [5, 5.41) is 2.17. The number of para-hydroxylation sites is 2. The van der Waals surface area contributed by atoms with Gasteiger partial charge in [0.1, 0.15) is 22.5 Å². The van der Waals surface area contributed by atoms with Crippen LogP contribution in [-0.2, 0) is 0 Å². The molecule has 3 aromatic heterocycles. The zero-order valence-corrected chi connectivity index (χ0v) is 19.4. The molecule has 0 unspecified atom stereocenters. The van der Waals surface area contributed by atoms with E-state index in [0.29, 0.717) is 0 Å². The van der Waals surface area contributed by atoms with E-state index in [1.54, 1.807) is 14.2 Å². The van der Waals surface area contributed by atoms with Crippen LogP contribution in [0.3, 0.4) is 0 Å². The van der Waals surface area contributed by atoms with E-state index in [1.165, 1.54) is 0 Å². The highest BCUT2D eigenvalue weighted by molar-refractivity contribution is 6.21. The van der Waals surface area contributed by atoms with Gasteiger partial charge in [0, 0.05) is 22.1 Å². The molecule has 0 aliphatic heterocycles. The fourth-order valence-electron chi connectivity index (χ4n) is 5.15. The van der Waals surface area contributed by atoms with Crippen LogP contribution in [-0.4, -0.2) is 23.4 Å². The van der Waals surface area contributed by atoms with Crippen molar-refractivity contribution in [1.29, 1.82) is 0 Å². The molecule has 0 saturated heterocycles. The van der Waals surface area contributed by atoms with E-state index in [9.17, 15) is 0 Å². The summed E-state index contributed by atoms with van der Waals surface area (Å²) in [4.78, 5) is 0. The number of aromatic nitrogens is 2. The average Bonchev–Trinajstić information content (AvgIpc) is 3.55. The smallest absolute Gasteiger partial charge is 0.163 e. The number of rotatable bonds is 4. The summed E-state index contributed by atoms with van der Waals surface area (Å²) in [6.07, 6.45) is 0. The first-order valence-electron chi connectivity index (χ1n) is 11.5. The Labute approximate surface area is 201 Å². The summed E-state index contributed by atoms with van der Waals surface area (Å²) in [6, 6.07) is 33.1. The molecular formula is C30H22N2O3. The van der Waals surface area contributed by atoms with Gasteiger partial charge in [-0.25, -0.2) is 0 Å². The molecule has 0 spiro atoms. The van der Waals surface area contributed by atoms with Gasteiger partial charge in [0.15, 0.2) is 11.2 Å². The van der Waals surface area contributed by atoms with E-state index in [0.717, 1.165) is 66.9 Å². The van der Waals surface area contributed by atoms with Crippen LogP contribution in [0.1, 0.15) is 0 Å². The Kier molecular flexibility index (Phi) is 4.20. The Bertz CT molecular complexity index is 1720. The summed E-state index contributed by atoms with van der Waals surface area (Å²) < 4.78 is 22.1. The van der Waals surface area contributed by atoms with Crippen molar-refractivity contribution in [2.24, 2.45) is 0 Å². The molecule has 0 saturated carbocycles. The molecule has 35 heavy (non-hydrogen) atoms. The van der Waals surface area contributed by atoms with Gasteiger partial charge in [0.25, 0.3) is 0 Å². The van der Waals surface area contributed by atoms with E-state index < -0.39 is 0 Å². The third-order valence-corrected chi connectivity index (χ3v) is 6.75. The van der Waals surface area contributed by atoms with Crippen LogP contribution in [0.4, 0.5) is 0 Å². The van der Waals surface area contributed by atoms with Gasteiger partial charge in [-0.2, -0.15) is 0 Å². The lowest BCUT2D eigenvalue weighted by Crippen LogP contribution is -1.98. The Hall–Kier alpha value is -4.64. The second-order valence-corrected chi connectivity index (χ2v) is 8.56. The molecule has 0 fully saturated rings. The number of fused-ring (bicyclic) bond motifs is 7. The van der Waals surface area contributed by atoms with E-state index >= 15 is 0 Å². The van der Waals surface area contributed by atoms with Crippen LogP contribution in [0.2, 0.25) is 0 Å².